The number of nitrogens with one attached hydrogen (secondary N) is 2. The molecule has 1 fully saturated rings. The second-order valence-electron chi connectivity index (χ2n) is 7.96. The number of aromatic nitrogens is 1. The molecule has 32 heavy (non-hydrogen) atoms. The number of fused-ring (bicyclic) bond motifs is 2. The van der Waals surface area contributed by atoms with Gasteiger partial charge in [-0.25, -0.2) is 0 Å². The lowest BCUT2D eigenvalue weighted by Crippen LogP contribution is -2.54. The van der Waals surface area contributed by atoms with Crippen molar-refractivity contribution in [1.82, 2.24) is 15.2 Å². The Kier molecular flexibility index (Phi) is 6.60. The van der Waals surface area contributed by atoms with Gasteiger partial charge in [0.1, 0.15) is 5.54 Å². The number of H-pyrrole nitrogens is 1. The van der Waals surface area contributed by atoms with Gasteiger partial charge < -0.3 is 24.7 Å². The van der Waals surface area contributed by atoms with Crippen molar-refractivity contribution < 1.29 is 19.1 Å². The van der Waals surface area contributed by atoms with Crippen molar-refractivity contribution in [1.29, 1.82) is 0 Å². The minimum absolute atomic E-state index is 0.0768. The van der Waals surface area contributed by atoms with Crippen LogP contribution in [0.4, 0.5) is 0 Å². The minimum Gasteiger partial charge on any atom is -0.454 e. The Morgan fingerprint density at radius 1 is 1.19 bits per heavy atom. The highest BCUT2D eigenvalue weighted by molar-refractivity contribution is 7.99. The van der Waals surface area contributed by atoms with Crippen LogP contribution in [0, 0.1) is 6.92 Å². The monoisotopic (exact) mass is 453 g/mol. The van der Waals surface area contributed by atoms with Crippen LogP contribution in [0.3, 0.4) is 0 Å². The van der Waals surface area contributed by atoms with E-state index in [0.717, 1.165) is 35.5 Å². The molecule has 2 aromatic carbocycles. The number of carbonyl (C=O) groups is 2. The quantitative estimate of drug-likeness (QED) is 0.578. The fourth-order valence-electron chi connectivity index (χ4n) is 3.90. The summed E-state index contributed by atoms with van der Waals surface area (Å²) in [5.74, 6) is 2.83. The van der Waals surface area contributed by atoms with Crippen LogP contribution in [0.5, 0.6) is 11.5 Å². The molecule has 1 saturated heterocycles. The molecule has 8 heteroatoms. The molecule has 0 radical (unpaired) electrons. The molecule has 1 atom stereocenters. The third-order valence-corrected chi connectivity index (χ3v) is 7.06. The van der Waals surface area contributed by atoms with E-state index in [-0.39, 0.29) is 5.91 Å². The van der Waals surface area contributed by atoms with Gasteiger partial charge in [0.25, 0.3) is 0 Å². The molecule has 168 valence electrons. The van der Waals surface area contributed by atoms with Crippen LogP contribution in [-0.4, -0.2) is 52.7 Å². The first-order valence-electron chi connectivity index (χ1n) is 10.5. The zero-order valence-electron chi connectivity index (χ0n) is 18.2. The summed E-state index contributed by atoms with van der Waals surface area (Å²) in [6.07, 6.45) is 1.54. The van der Waals surface area contributed by atoms with E-state index in [9.17, 15) is 9.59 Å². The first kappa shape index (κ1) is 22.1. The summed E-state index contributed by atoms with van der Waals surface area (Å²) in [7, 11) is 0. The van der Waals surface area contributed by atoms with Crippen molar-refractivity contribution in [3.8, 4) is 11.5 Å². The number of benzene rings is 2. The summed E-state index contributed by atoms with van der Waals surface area (Å²) in [6.45, 7) is 4.81. The maximum atomic E-state index is 12.5. The number of amides is 2. The predicted molar refractivity (Wildman–Crippen MR) is 126 cm³/mol. The van der Waals surface area contributed by atoms with E-state index in [0.29, 0.717) is 25.0 Å². The number of aryl methyl sites for hydroxylation is 1. The van der Waals surface area contributed by atoms with Crippen molar-refractivity contribution in [2.75, 3.05) is 25.0 Å². The smallest absolute Gasteiger partial charge is 0.246 e. The lowest BCUT2D eigenvalue weighted by Gasteiger charge is -2.29. The Hall–Kier alpha value is -3.13. The highest BCUT2D eigenvalue weighted by Crippen LogP contribution is 2.30. The summed E-state index contributed by atoms with van der Waals surface area (Å²) < 4.78 is 10.2. The van der Waals surface area contributed by atoms with Gasteiger partial charge in [0, 0.05) is 28.9 Å². The molecule has 3 heterocycles. The Bertz CT molecular complexity index is 1090. The molecule has 2 amide bonds. The maximum Gasteiger partial charge on any atom is 0.246 e. The molecule has 1 unspecified atom stereocenters. The van der Waals surface area contributed by atoms with Crippen molar-refractivity contribution in [3.05, 3.63) is 59.8 Å². The zero-order valence-corrected chi connectivity index (χ0v) is 19.0. The fraction of sp³-hybridized carbons (Fsp3) is 0.333. The predicted octanol–water partition coefficient (Wildman–Crippen LogP) is 3.47. The molecular formula is C24H27N3O4S. The lowest BCUT2D eigenvalue weighted by atomic mass is 10.0. The second kappa shape index (κ2) is 9.56. The van der Waals surface area contributed by atoms with E-state index >= 15 is 0 Å². The summed E-state index contributed by atoms with van der Waals surface area (Å²) in [5.41, 5.74) is 2.76. The first-order chi connectivity index (χ1) is 15.5. The van der Waals surface area contributed by atoms with Crippen LogP contribution in [0.2, 0.25) is 0 Å². The Morgan fingerprint density at radius 2 is 1.88 bits per heavy atom. The van der Waals surface area contributed by atoms with E-state index in [1.807, 2.05) is 43.3 Å². The Morgan fingerprint density at radius 3 is 2.59 bits per heavy atom. The number of aromatic amines is 1. The van der Waals surface area contributed by atoms with Gasteiger partial charge in [-0.15, -0.1) is 11.8 Å². The van der Waals surface area contributed by atoms with Crippen molar-refractivity contribution >= 4 is 35.0 Å². The van der Waals surface area contributed by atoms with E-state index in [1.54, 1.807) is 16.7 Å². The fourth-order valence-corrected chi connectivity index (χ4v) is 5.23. The number of ether oxygens (including phenoxy) is 2. The summed E-state index contributed by atoms with van der Waals surface area (Å²) in [5, 5.41) is 4.20. The van der Waals surface area contributed by atoms with Gasteiger partial charge in [-0.3, -0.25) is 9.59 Å². The van der Waals surface area contributed by atoms with Gasteiger partial charge in [0.2, 0.25) is 19.1 Å². The minimum atomic E-state index is -0.734. The van der Waals surface area contributed by atoms with Gasteiger partial charge in [-0.2, -0.15) is 0 Å². The SMILES string of the molecule is Cc1[nH]c2ccccc2c1CCNC(=O)C1(C)CSCN1C=O.c1ccc2c(c1)OCO2. The van der Waals surface area contributed by atoms with E-state index in [4.69, 9.17) is 9.47 Å². The van der Waals surface area contributed by atoms with Gasteiger partial charge in [-0.1, -0.05) is 30.3 Å². The van der Waals surface area contributed by atoms with E-state index in [2.05, 4.69) is 29.4 Å². The largest absolute Gasteiger partial charge is 0.454 e. The molecule has 2 N–H and O–H groups in total. The number of rotatable bonds is 5. The average molecular weight is 454 g/mol. The molecule has 2 aliphatic heterocycles. The normalized spacial score (nSPS) is 18.9. The molecule has 2 aliphatic rings. The lowest BCUT2D eigenvalue weighted by molar-refractivity contribution is -0.136. The molecule has 0 saturated carbocycles. The highest BCUT2D eigenvalue weighted by Gasteiger charge is 2.43. The molecule has 0 aliphatic carbocycles. The average Bonchev–Trinajstić information content (AvgIpc) is 3.51. The van der Waals surface area contributed by atoms with Crippen molar-refractivity contribution in [2.24, 2.45) is 0 Å². The number of hydrogen-bond donors (Lipinski definition) is 2. The van der Waals surface area contributed by atoms with Crippen molar-refractivity contribution in [3.63, 3.8) is 0 Å². The topological polar surface area (TPSA) is 83.7 Å². The summed E-state index contributed by atoms with van der Waals surface area (Å²) in [6, 6.07) is 15.8. The van der Waals surface area contributed by atoms with Crippen LogP contribution in [0.1, 0.15) is 18.2 Å². The van der Waals surface area contributed by atoms with E-state index in [1.165, 1.54) is 10.9 Å². The summed E-state index contributed by atoms with van der Waals surface area (Å²) in [4.78, 5) is 28.5. The standard InChI is InChI=1S/C17H21N3O2S.C7H6O2/c1-12-13(14-5-3-4-6-15(14)19-12)7-8-18-16(22)17(2)9-23-11-20(17)10-21;1-2-4-7-6(3-1)8-5-9-7/h3-6,10,19H,7-9,11H2,1-2H3,(H,18,22);1-4H,5H2. The van der Waals surface area contributed by atoms with Crippen LogP contribution < -0.4 is 14.8 Å². The maximum absolute atomic E-state index is 12.5. The third kappa shape index (κ3) is 4.41. The summed E-state index contributed by atoms with van der Waals surface area (Å²) >= 11 is 1.61. The molecule has 5 rings (SSSR count). The number of nitrogens with zero attached hydrogens (tertiary/aromatic N) is 1. The molecule has 0 spiro atoms. The highest BCUT2D eigenvalue weighted by atomic mass is 32.2. The molecule has 1 aromatic heterocycles. The van der Waals surface area contributed by atoms with Gasteiger partial charge in [0.05, 0.1) is 5.88 Å². The number of thioether (sulfide) groups is 1. The Labute approximate surface area is 191 Å². The van der Waals surface area contributed by atoms with Gasteiger partial charge in [-0.05, 0) is 44.0 Å². The van der Waals surface area contributed by atoms with Gasteiger partial charge >= 0.3 is 0 Å². The Balaban J connectivity index is 0.000000225. The van der Waals surface area contributed by atoms with Gasteiger partial charge in [0.15, 0.2) is 11.5 Å². The third-order valence-electron chi connectivity index (χ3n) is 5.83. The van der Waals surface area contributed by atoms with E-state index < -0.39 is 5.54 Å². The molecular weight excluding hydrogens is 426 g/mol. The van der Waals surface area contributed by atoms with Crippen molar-refractivity contribution in [2.45, 2.75) is 25.8 Å². The number of hydrogen-bond acceptors (Lipinski definition) is 5. The van der Waals surface area contributed by atoms with Crippen LogP contribution in [0.25, 0.3) is 10.9 Å². The number of carbonyl (C=O) groups excluding carboxylic acids is 2. The molecule has 7 nitrogen and oxygen atoms in total. The number of para-hydroxylation sites is 3. The molecule has 3 aromatic rings. The van der Waals surface area contributed by atoms with Crippen LogP contribution >= 0.6 is 11.8 Å². The zero-order chi connectivity index (χ0) is 22.6. The van der Waals surface area contributed by atoms with Crippen LogP contribution in [0.15, 0.2) is 48.5 Å². The first-order valence-corrected chi connectivity index (χ1v) is 11.7. The second-order valence-corrected chi connectivity index (χ2v) is 8.92. The van der Waals surface area contributed by atoms with Crippen LogP contribution in [-0.2, 0) is 16.0 Å². The molecule has 0 bridgehead atoms.